The molecule has 1 heterocycles. The molecule has 1 aliphatic heterocycles. The average Bonchev–Trinajstić information content (AvgIpc) is 3.05. The van der Waals surface area contributed by atoms with E-state index in [-0.39, 0.29) is 17.6 Å². The Morgan fingerprint density at radius 3 is 2.52 bits per heavy atom. The molecule has 5 nitrogen and oxygen atoms in total. The van der Waals surface area contributed by atoms with Crippen molar-refractivity contribution in [2.24, 2.45) is 5.92 Å². The van der Waals surface area contributed by atoms with Gasteiger partial charge in [-0.3, -0.25) is 4.79 Å². The summed E-state index contributed by atoms with van der Waals surface area (Å²) in [4.78, 5) is 12.6. The summed E-state index contributed by atoms with van der Waals surface area (Å²) in [5.74, 6) is -0.0424. The van der Waals surface area contributed by atoms with E-state index in [2.05, 4.69) is 41.7 Å². The molecule has 142 valence electrons. The number of benzene rings is 2. The van der Waals surface area contributed by atoms with Crippen LogP contribution in [0.2, 0.25) is 0 Å². The standard InChI is InChI=1S/C21H24N2O3S/c1-2-27(25,26)23-11-9-15(10-12-23)21(24)22-18-7-8-20-17(14-18)13-16-5-3-4-6-19(16)20/h3-8,14-15H,2,9-13H2,1H3,(H,22,24). The predicted octanol–water partition coefficient (Wildman–Crippen LogP) is 3.26. The summed E-state index contributed by atoms with van der Waals surface area (Å²) >= 11 is 0. The third-order valence-corrected chi connectivity index (χ3v) is 7.53. The van der Waals surface area contributed by atoms with Gasteiger partial charge in [0.05, 0.1) is 5.75 Å². The minimum Gasteiger partial charge on any atom is -0.326 e. The Morgan fingerprint density at radius 1 is 1.07 bits per heavy atom. The van der Waals surface area contributed by atoms with Crippen molar-refractivity contribution in [3.05, 3.63) is 53.6 Å². The second-order valence-corrected chi connectivity index (χ2v) is 9.53. The van der Waals surface area contributed by atoms with Gasteiger partial charge < -0.3 is 5.32 Å². The van der Waals surface area contributed by atoms with Crippen LogP contribution >= 0.6 is 0 Å². The van der Waals surface area contributed by atoms with Gasteiger partial charge in [-0.05, 0) is 60.6 Å². The van der Waals surface area contributed by atoms with E-state index in [1.807, 2.05) is 6.07 Å². The van der Waals surface area contributed by atoms with Crippen LogP contribution in [0, 0.1) is 5.92 Å². The Bertz CT molecular complexity index is 977. The third-order valence-electron chi connectivity index (χ3n) is 5.64. The minimum absolute atomic E-state index is 0.0148. The van der Waals surface area contributed by atoms with Gasteiger partial charge >= 0.3 is 0 Å². The third kappa shape index (κ3) is 3.51. The SMILES string of the molecule is CCS(=O)(=O)N1CCC(C(=O)Nc2ccc3c(c2)Cc2ccccc2-3)CC1. The highest BCUT2D eigenvalue weighted by Gasteiger charge is 2.30. The Kier molecular flexibility index (Phi) is 4.78. The molecular formula is C21H24N2O3S. The smallest absolute Gasteiger partial charge is 0.227 e. The topological polar surface area (TPSA) is 66.5 Å². The van der Waals surface area contributed by atoms with Crippen molar-refractivity contribution in [2.75, 3.05) is 24.2 Å². The van der Waals surface area contributed by atoms with Crippen molar-refractivity contribution in [3.8, 4) is 11.1 Å². The summed E-state index contributed by atoms with van der Waals surface area (Å²) in [6.07, 6.45) is 2.03. The van der Waals surface area contributed by atoms with E-state index in [0.717, 1.165) is 12.1 Å². The number of sulfonamides is 1. The van der Waals surface area contributed by atoms with Gasteiger partial charge in [-0.15, -0.1) is 0 Å². The van der Waals surface area contributed by atoms with Crippen LogP contribution < -0.4 is 5.32 Å². The molecule has 6 heteroatoms. The fraction of sp³-hybridized carbons (Fsp3) is 0.381. The molecule has 2 aliphatic rings. The molecule has 1 amide bonds. The second kappa shape index (κ2) is 7.09. The maximum absolute atomic E-state index is 12.6. The Hall–Kier alpha value is -2.18. The molecule has 1 fully saturated rings. The summed E-state index contributed by atoms with van der Waals surface area (Å²) in [7, 11) is -3.16. The number of nitrogens with zero attached hydrogens (tertiary/aromatic N) is 1. The van der Waals surface area contributed by atoms with E-state index >= 15 is 0 Å². The first-order valence-electron chi connectivity index (χ1n) is 9.48. The number of carbonyl (C=O) groups excluding carboxylic acids is 1. The first kappa shape index (κ1) is 18.2. The lowest BCUT2D eigenvalue weighted by atomic mass is 9.97. The van der Waals surface area contributed by atoms with Crippen LogP contribution in [0.15, 0.2) is 42.5 Å². The minimum atomic E-state index is -3.16. The monoisotopic (exact) mass is 384 g/mol. The predicted molar refractivity (Wildman–Crippen MR) is 107 cm³/mol. The molecule has 0 spiro atoms. The normalized spacial score (nSPS) is 17.4. The van der Waals surface area contributed by atoms with E-state index in [0.29, 0.717) is 25.9 Å². The van der Waals surface area contributed by atoms with E-state index in [4.69, 9.17) is 0 Å². The van der Waals surface area contributed by atoms with E-state index in [9.17, 15) is 13.2 Å². The van der Waals surface area contributed by atoms with Gasteiger partial charge in [-0.25, -0.2) is 12.7 Å². The molecule has 2 aromatic carbocycles. The molecular weight excluding hydrogens is 360 g/mol. The van der Waals surface area contributed by atoms with Gasteiger partial charge in [0.25, 0.3) is 0 Å². The molecule has 0 aromatic heterocycles. The number of fused-ring (bicyclic) bond motifs is 3. The molecule has 0 bridgehead atoms. The second-order valence-electron chi connectivity index (χ2n) is 7.27. The Balaban J connectivity index is 1.41. The first-order chi connectivity index (χ1) is 13.0. The maximum atomic E-state index is 12.6. The highest BCUT2D eigenvalue weighted by molar-refractivity contribution is 7.89. The van der Waals surface area contributed by atoms with Gasteiger partial charge in [-0.2, -0.15) is 0 Å². The summed E-state index contributed by atoms with van der Waals surface area (Å²) in [6, 6.07) is 14.5. The van der Waals surface area contributed by atoms with E-state index in [1.54, 1.807) is 6.92 Å². The molecule has 0 saturated carbocycles. The highest BCUT2D eigenvalue weighted by Crippen LogP contribution is 2.37. The molecule has 4 rings (SSSR count). The number of amides is 1. The lowest BCUT2D eigenvalue weighted by Crippen LogP contribution is -2.42. The number of anilines is 1. The summed E-state index contributed by atoms with van der Waals surface area (Å²) in [5, 5.41) is 3.03. The number of piperidine rings is 1. The molecule has 0 atom stereocenters. The largest absolute Gasteiger partial charge is 0.326 e. The highest BCUT2D eigenvalue weighted by atomic mass is 32.2. The maximum Gasteiger partial charge on any atom is 0.227 e. The Morgan fingerprint density at radius 2 is 1.78 bits per heavy atom. The van der Waals surface area contributed by atoms with E-state index in [1.165, 1.54) is 26.6 Å². The van der Waals surface area contributed by atoms with Crippen LogP contribution in [-0.2, 0) is 21.2 Å². The van der Waals surface area contributed by atoms with Gasteiger partial charge in [0.2, 0.25) is 15.9 Å². The molecule has 27 heavy (non-hydrogen) atoms. The zero-order valence-corrected chi connectivity index (χ0v) is 16.3. The molecule has 1 N–H and O–H groups in total. The van der Waals surface area contributed by atoms with Gasteiger partial charge in [0, 0.05) is 24.7 Å². The number of hydrogen-bond acceptors (Lipinski definition) is 3. The lowest BCUT2D eigenvalue weighted by Gasteiger charge is -2.30. The fourth-order valence-electron chi connectivity index (χ4n) is 4.05. The number of hydrogen-bond donors (Lipinski definition) is 1. The molecule has 2 aromatic rings. The summed E-state index contributed by atoms with van der Waals surface area (Å²) in [6.45, 7) is 2.50. The zero-order valence-electron chi connectivity index (χ0n) is 15.4. The first-order valence-corrected chi connectivity index (χ1v) is 11.1. The fourth-order valence-corrected chi connectivity index (χ4v) is 5.18. The van der Waals surface area contributed by atoms with Crippen molar-refractivity contribution in [3.63, 3.8) is 0 Å². The van der Waals surface area contributed by atoms with Crippen LogP contribution in [0.5, 0.6) is 0 Å². The van der Waals surface area contributed by atoms with Crippen LogP contribution in [-0.4, -0.2) is 37.5 Å². The van der Waals surface area contributed by atoms with Crippen LogP contribution in [0.3, 0.4) is 0 Å². The number of nitrogens with one attached hydrogen (secondary N) is 1. The molecule has 0 unspecified atom stereocenters. The van der Waals surface area contributed by atoms with Crippen molar-refractivity contribution >= 4 is 21.6 Å². The Labute approximate surface area is 160 Å². The zero-order chi connectivity index (χ0) is 19.0. The van der Waals surface area contributed by atoms with Crippen LogP contribution in [0.1, 0.15) is 30.9 Å². The molecule has 1 saturated heterocycles. The van der Waals surface area contributed by atoms with Gasteiger partial charge in [0.1, 0.15) is 0 Å². The van der Waals surface area contributed by atoms with Crippen LogP contribution in [0.4, 0.5) is 5.69 Å². The van der Waals surface area contributed by atoms with Crippen molar-refractivity contribution in [1.82, 2.24) is 4.31 Å². The van der Waals surface area contributed by atoms with Crippen molar-refractivity contribution in [2.45, 2.75) is 26.2 Å². The van der Waals surface area contributed by atoms with E-state index < -0.39 is 10.0 Å². The molecule has 1 aliphatic carbocycles. The lowest BCUT2D eigenvalue weighted by molar-refractivity contribution is -0.120. The summed E-state index contributed by atoms with van der Waals surface area (Å²) < 4.78 is 25.4. The number of rotatable bonds is 4. The average molecular weight is 385 g/mol. The molecule has 0 radical (unpaired) electrons. The van der Waals surface area contributed by atoms with Crippen molar-refractivity contribution < 1.29 is 13.2 Å². The summed E-state index contributed by atoms with van der Waals surface area (Å²) in [5.41, 5.74) is 5.88. The van der Waals surface area contributed by atoms with Crippen LogP contribution in [0.25, 0.3) is 11.1 Å². The number of carbonyl (C=O) groups is 1. The van der Waals surface area contributed by atoms with Gasteiger partial charge in [0.15, 0.2) is 0 Å². The van der Waals surface area contributed by atoms with Crippen molar-refractivity contribution in [1.29, 1.82) is 0 Å². The van der Waals surface area contributed by atoms with Gasteiger partial charge in [-0.1, -0.05) is 30.3 Å². The quantitative estimate of drug-likeness (QED) is 0.751.